The minimum atomic E-state index is -4.37. The number of amides is 1. The first-order valence-corrected chi connectivity index (χ1v) is 10.00. The van der Waals surface area contributed by atoms with Crippen molar-refractivity contribution in [3.63, 3.8) is 0 Å². The van der Waals surface area contributed by atoms with Crippen molar-refractivity contribution in [1.29, 1.82) is 0 Å². The number of carbonyl (C=O) groups is 1. The van der Waals surface area contributed by atoms with Crippen LogP contribution >= 0.6 is 0 Å². The molecule has 4 rings (SSSR count). The Balaban J connectivity index is 1.67. The zero-order valence-electron chi connectivity index (χ0n) is 16.5. The first-order chi connectivity index (χ1) is 13.8. The molecule has 0 unspecified atom stereocenters. The molecule has 0 bridgehead atoms. The molecule has 0 aliphatic carbocycles. The lowest BCUT2D eigenvalue weighted by molar-refractivity contribution is -0.173. The van der Waals surface area contributed by atoms with Crippen LogP contribution in [0.3, 0.4) is 0 Å². The minimum Gasteiger partial charge on any atom is -0.367 e. The molecule has 1 fully saturated rings. The quantitative estimate of drug-likeness (QED) is 0.838. The van der Waals surface area contributed by atoms with E-state index in [-0.39, 0.29) is 24.4 Å². The highest BCUT2D eigenvalue weighted by molar-refractivity contribution is 5.94. The molecule has 2 aromatic rings. The third-order valence-electron chi connectivity index (χ3n) is 5.84. The van der Waals surface area contributed by atoms with Crippen molar-refractivity contribution in [3.05, 3.63) is 29.7 Å². The molecule has 158 valence electrons. The largest absolute Gasteiger partial charge is 0.410 e. The number of nitrogens with zero attached hydrogens (tertiary/aromatic N) is 5. The van der Waals surface area contributed by atoms with Crippen LogP contribution < -0.4 is 5.32 Å². The number of alkyl halides is 3. The van der Waals surface area contributed by atoms with Gasteiger partial charge in [-0.15, -0.1) is 0 Å². The summed E-state index contributed by atoms with van der Waals surface area (Å²) < 4.78 is 43.6. The van der Waals surface area contributed by atoms with Crippen LogP contribution in [-0.4, -0.2) is 49.1 Å². The van der Waals surface area contributed by atoms with Gasteiger partial charge in [0, 0.05) is 31.9 Å². The average Bonchev–Trinajstić information content (AvgIpc) is 3.31. The molecule has 10 heteroatoms. The van der Waals surface area contributed by atoms with Gasteiger partial charge in [0.1, 0.15) is 5.82 Å². The van der Waals surface area contributed by atoms with Crippen LogP contribution in [0.25, 0.3) is 0 Å². The van der Waals surface area contributed by atoms with Gasteiger partial charge in [0.2, 0.25) is 0 Å². The number of anilines is 1. The van der Waals surface area contributed by atoms with E-state index in [9.17, 15) is 18.0 Å². The van der Waals surface area contributed by atoms with Gasteiger partial charge in [-0.1, -0.05) is 6.92 Å². The molecule has 3 atom stereocenters. The Hall–Kier alpha value is -2.52. The van der Waals surface area contributed by atoms with E-state index in [0.29, 0.717) is 36.5 Å². The normalized spacial score (nSPS) is 24.9. The number of piperidine rings is 1. The predicted octanol–water partition coefficient (Wildman–Crippen LogP) is 3.68. The molecule has 1 amide bonds. The molecule has 2 aliphatic heterocycles. The van der Waals surface area contributed by atoms with Gasteiger partial charge in [0.05, 0.1) is 23.5 Å². The highest BCUT2D eigenvalue weighted by atomic mass is 19.4. The van der Waals surface area contributed by atoms with Crippen molar-refractivity contribution in [2.45, 2.75) is 63.3 Å². The van der Waals surface area contributed by atoms with Crippen LogP contribution in [0, 0.1) is 0 Å². The fourth-order valence-electron chi connectivity index (χ4n) is 4.28. The lowest BCUT2D eigenvalue weighted by Gasteiger charge is -2.34. The Morgan fingerprint density at radius 1 is 1.34 bits per heavy atom. The second-order valence-electron chi connectivity index (χ2n) is 7.85. The first-order valence-electron chi connectivity index (χ1n) is 10.00. The summed E-state index contributed by atoms with van der Waals surface area (Å²) in [5, 5.41) is 11.6. The van der Waals surface area contributed by atoms with Crippen LogP contribution in [0.15, 0.2) is 18.5 Å². The molecule has 0 radical (unpaired) electrons. The summed E-state index contributed by atoms with van der Waals surface area (Å²) in [5.41, 5.74) is 0.983. The van der Waals surface area contributed by atoms with Crippen molar-refractivity contribution >= 4 is 11.7 Å². The number of rotatable bonds is 3. The third kappa shape index (κ3) is 3.72. The Labute approximate surface area is 166 Å². The average molecular weight is 410 g/mol. The van der Waals surface area contributed by atoms with Crippen molar-refractivity contribution in [2.75, 3.05) is 11.9 Å². The van der Waals surface area contributed by atoms with E-state index in [1.165, 1.54) is 6.20 Å². The second kappa shape index (κ2) is 7.38. The van der Waals surface area contributed by atoms with Gasteiger partial charge >= 0.3 is 6.18 Å². The number of hydrogen-bond donors (Lipinski definition) is 1. The van der Waals surface area contributed by atoms with E-state index in [4.69, 9.17) is 0 Å². The number of fused-ring (bicyclic) bond motifs is 1. The van der Waals surface area contributed by atoms with E-state index in [1.807, 2.05) is 6.92 Å². The molecular weight excluding hydrogens is 385 g/mol. The van der Waals surface area contributed by atoms with Crippen LogP contribution in [0.1, 0.15) is 67.2 Å². The van der Waals surface area contributed by atoms with Crippen LogP contribution in [0.2, 0.25) is 0 Å². The number of aromatic nitrogens is 4. The topological polar surface area (TPSA) is 68.0 Å². The third-order valence-corrected chi connectivity index (χ3v) is 5.84. The fraction of sp³-hybridized carbons (Fsp3) is 0.632. The molecule has 2 aliphatic rings. The summed E-state index contributed by atoms with van der Waals surface area (Å²) in [4.78, 5) is 14.7. The SMILES string of the molecule is CC[C@@H]1C[C@H](C(F)(F)F)n2nc([C@H]3CCCCN3C(=O)c3cnn(C)c3)cc2N1. The smallest absolute Gasteiger partial charge is 0.367 e. The van der Waals surface area contributed by atoms with E-state index < -0.39 is 12.2 Å². The molecule has 29 heavy (non-hydrogen) atoms. The van der Waals surface area contributed by atoms with Crippen LogP contribution in [-0.2, 0) is 7.05 Å². The minimum absolute atomic E-state index is 0.0445. The molecule has 7 nitrogen and oxygen atoms in total. The lowest BCUT2D eigenvalue weighted by Crippen LogP contribution is -2.39. The highest BCUT2D eigenvalue weighted by Gasteiger charge is 2.46. The van der Waals surface area contributed by atoms with E-state index >= 15 is 0 Å². The number of likely N-dealkylation sites (tertiary alicyclic amines) is 1. The number of nitrogens with one attached hydrogen (secondary N) is 1. The second-order valence-corrected chi connectivity index (χ2v) is 7.85. The monoisotopic (exact) mass is 410 g/mol. The van der Waals surface area contributed by atoms with Gasteiger partial charge in [-0.25, -0.2) is 4.68 Å². The molecule has 1 N–H and O–H groups in total. The maximum atomic E-state index is 13.6. The Morgan fingerprint density at radius 3 is 2.79 bits per heavy atom. The maximum Gasteiger partial charge on any atom is 0.410 e. The molecule has 0 aromatic carbocycles. The summed E-state index contributed by atoms with van der Waals surface area (Å²) in [7, 11) is 1.74. The predicted molar refractivity (Wildman–Crippen MR) is 100 cm³/mol. The summed E-state index contributed by atoms with van der Waals surface area (Å²) in [6.45, 7) is 2.42. The van der Waals surface area contributed by atoms with Crippen molar-refractivity contribution in [2.24, 2.45) is 7.05 Å². The fourth-order valence-corrected chi connectivity index (χ4v) is 4.28. The van der Waals surface area contributed by atoms with Crippen LogP contribution in [0.4, 0.5) is 19.0 Å². The molecular formula is C19H25F3N6O. The Morgan fingerprint density at radius 2 is 2.14 bits per heavy atom. The zero-order valence-corrected chi connectivity index (χ0v) is 16.5. The summed E-state index contributed by atoms with van der Waals surface area (Å²) in [6.07, 6.45) is 1.79. The standard InChI is InChI=1S/C19H25F3N6O/c1-3-13-8-16(19(20,21)22)28-17(24-13)9-14(25-28)15-6-4-5-7-27(15)18(29)12-10-23-26(2)11-12/h9-11,13,15-16,24H,3-8H2,1-2H3/t13-,15-,16-/m1/s1. The summed E-state index contributed by atoms with van der Waals surface area (Å²) in [6, 6.07) is -0.563. The number of aryl methyl sites for hydroxylation is 1. The number of halogens is 3. The van der Waals surface area contributed by atoms with Crippen molar-refractivity contribution in [1.82, 2.24) is 24.5 Å². The van der Waals surface area contributed by atoms with Gasteiger partial charge in [0.25, 0.3) is 5.91 Å². The van der Waals surface area contributed by atoms with E-state index in [1.54, 1.807) is 28.9 Å². The Bertz CT molecular complexity index is 889. The first kappa shape index (κ1) is 19.8. The van der Waals surface area contributed by atoms with Gasteiger partial charge < -0.3 is 10.2 Å². The maximum absolute atomic E-state index is 13.6. The van der Waals surface area contributed by atoms with Crippen LogP contribution in [0.5, 0.6) is 0 Å². The van der Waals surface area contributed by atoms with Crippen molar-refractivity contribution < 1.29 is 18.0 Å². The molecule has 2 aromatic heterocycles. The molecule has 1 saturated heterocycles. The molecule has 4 heterocycles. The van der Waals surface area contributed by atoms with Gasteiger partial charge in [0.15, 0.2) is 6.04 Å². The zero-order chi connectivity index (χ0) is 20.8. The number of carbonyl (C=O) groups excluding carboxylic acids is 1. The van der Waals surface area contributed by atoms with E-state index in [2.05, 4.69) is 15.5 Å². The number of hydrogen-bond acceptors (Lipinski definition) is 4. The van der Waals surface area contributed by atoms with Gasteiger partial charge in [-0.05, 0) is 32.1 Å². The lowest BCUT2D eigenvalue weighted by atomic mass is 9.98. The highest BCUT2D eigenvalue weighted by Crippen LogP contribution is 2.42. The summed E-state index contributed by atoms with van der Waals surface area (Å²) in [5.74, 6) is 0.209. The van der Waals surface area contributed by atoms with E-state index in [0.717, 1.165) is 17.5 Å². The Kier molecular flexibility index (Phi) is 5.04. The van der Waals surface area contributed by atoms with Gasteiger partial charge in [-0.2, -0.15) is 23.4 Å². The van der Waals surface area contributed by atoms with Gasteiger partial charge in [-0.3, -0.25) is 9.48 Å². The molecule has 0 spiro atoms. The molecule has 0 saturated carbocycles. The summed E-state index contributed by atoms with van der Waals surface area (Å²) >= 11 is 0. The van der Waals surface area contributed by atoms with Crippen molar-refractivity contribution in [3.8, 4) is 0 Å².